The van der Waals surface area contributed by atoms with E-state index in [9.17, 15) is 4.79 Å². The molecule has 0 atom stereocenters. The Hall–Kier alpha value is -2.04. The lowest BCUT2D eigenvalue weighted by Gasteiger charge is -2.13. The maximum Gasteiger partial charge on any atom is 0.351 e. The third-order valence-electron chi connectivity index (χ3n) is 2.34. The first-order valence-electron chi connectivity index (χ1n) is 4.67. The summed E-state index contributed by atoms with van der Waals surface area (Å²) in [4.78, 5) is 16.7. The number of hydrogen-bond acceptors (Lipinski definition) is 1. The van der Waals surface area contributed by atoms with Gasteiger partial charge < -0.3 is 11.5 Å². The predicted octanol–water partition coefficient (Wildman–Crippen LogP) is 0.443. The van der Waals surface area contributed by atoms with Crippen molar-refractivity contribution in [1.82, 2.24) is 0 Å². The van der Waals surface area contributed by atoms with Crippen LogP contribution in [0.1, 0.15) is 5.56 Å². The SMILES string of the molecule is NC(N)=NC(=O)N1CCc2ccccc21. The third kappa shape index (κ3) is 1.76. The third-order valence-corrected chi connectivity index (χ3v) is 2.34. The lowest BCUT2D eigenvalue weighted by molar-refractivity contribution is 0.254. The van der Waals surface area contributed by atoms with Gasteiger partial charge in [-0.1, -0.05) is 18.2 Å². The van der Waals surface area contributed by atoms with Crippen LogP contribution >= 0.6 is 0 Å². The van der Waals surface area contributed by atoms with Crippen molar-refractivity contribution in [1.29, 1.82) is 0 Å². The molecule has 0 fully saturated rings. The van der Waals surface area contributed by atoms with Gasteiger partial charge in [-0.3, -0.25) is 4.90 Å². The normalized spacial score (nSPS) is 13.5. The number of fused-ring (bicyclic) bond motifs is 1. The monoisotopic (exact) mass is 204 g/mol. The number of urea groups is 1. The lowest BCUT2D eigenvalue weighted by atomic mass is 10.2. The number of carbonyl (C=O) groups is 1. The van der Waals surface area contributed by atoms with Crippen molar-refractivity contribution in [3.63, 3.8) is 0 Å². The fourth-order valence-electron chi connectivity index (χ4n) is 1.71. The number of anilines is 1. The summed E-state index contributed by atoms with van der Waals surface area (Å²) in [6.45, 7) is 0.634. The second kappa shape index (κ2) is 3.61. The van der Waals surface area contributed by atoms with E-state index in [1.807, 2.05) is 24.3 Å². The largest absolute Gasteiger partial charge is 0.370 e. The number of guanidine groups is 1. The predicted molar refractivity (Wildman–Crippen MR) is 58.7 cm³/mol. The summed E-state index contributed by atoms with van der Waals surface area (Å²) in [5.74, 6) is -0.204. The number of rotatable bonds is 0. The summed E-state index contributed by atoms with van der Waals surface area (Å²) in [6.07, 6.45) is 0.849. The van der Waals surface area contributed by atoms with Crippen LogP contribution in [0.3, 0.4) is 0 Å². The summed E-state index contributed by atoms with van der Waals surface area (Å²) in [5.41, 5.74) is 12.4. The molecular weight excluding hydrogens is 192 g/mol. The molecule has 2 amide bonds. The van der Waals surface area contributed by atoms with Gasteiger partial charge in [-0.15, -0.1) is 0 Å². The molecule has 15 heavy (non-hydrogen) atoms. The van der Waals surface area contributed by atoms with Crippen molar-refractivity contribution in [2.45, 2.75) is 6.42 Å². The minimum atomic E-state index is -0.403. The highest BCUT2D eigenvalue weighted by molar-refractivity contribution is 6.01. The number of nitrogens with zero attached hydrogens (tertiary/aromatic N) is 2. The Morgan fingerprint density at radius 2 is 2.07 bits per heavy atom. The molecule has 0 spiro atoms. The molecular formula is C10H12N4O. The van der Waals surface area contributed by atoms with Gasteiger partial charge in [0.05, 0.1) is 0 Å². The molecule has 1 heterocycles. The second-order valence-electron chi connectivity index (χ2n) is 3.35. The molecule has 5 heteroatoms. The molecule has 4 N–H and O–H groups in total. The number of nitrogens with two attached hydrogens (primary N) is 2. The fraction of sp³-hybridized carbons (Fsp3) is 0.200. The zero-order valence-electron chi connectivity index (χ0n) is 8.18. The zero-order chi connectivity index (χ0) is 10.8. The van der Waals surface area contributed by atoms with Gasteiger partial charge in [0.1, 0.15) is 0 Å². The quantitative estimate of drug-likeness (QED) is 0.475. The van der Waals surface area contributed by atoms with Crippen LogP contribution in [-0.4, -0.2) is 18.5 Å². The maximum absolute atomic E-state index is 11.6. The fourth-order valence-corrected chi connectivity index (χ4v) is 1.71. The van der Waals surface area contributed by atoms with E-state index in [1.54, 1.807) is 4.90 Å². The van der Waals surface area contributed by atoms with Crippen LogP contribution in [0, 0.1) is 0 Å². The Balaban J connectivity index is 2.28. The average molecular weight is 204 g/mol. The second-order valence-corrected chi connectivity index (χ2v) is 3.35. The van der Waals surface area contributed by atoms with Crippen LogP contribution in [-0.2, 0) is 6.42 Å². The van der Waals surface area contributed by atoms with Crippen LogP contribution in [0.5, 0.6) is 0 Å². The van der Waals surface area contributed by atoms with Crippen LogP contribution < -0.4 is 16.4 Å². The van der Waals surface area contributed by atoms with E-state index in [0.717, 1.165) is 17.7 Å². The Kier molecular flexibility index (Phi) is 2.29. The van der Waals surface area contributed by atoms with E-state index >= 15 is 0 Å². The van der Waals surface area contributed by atoms with Gasteiger partial charge in [-0.05, 0) is 18.1 Å². The Bertz CT molecular complexity index is 423. The zero-order valence-corrected chi connectivity index (χ0v) is 8.18. The van der Waals surface area contributed by atoms with Crippen molar-refractivity contribution in [2.75, 3.05) is 11.4 Å². The van der Waals surface area contributed by atoms with Crippen LogP contribution in [0.2, 0.25) is 0 Å². The smallest absolute Gasteiger partial charge is 0.351 e. The molecule has 0 saturated heterocycles. The van der Waals surface area contributed by atoms with Gasteiger partial charge in [-0.25, -0.2) is 4.79 Å². The highest BCUT2D eigenvalue weighted by Crippen LogP contribution is 2.27. The molecule has 0 aromatic heterocycles. The summed E-state index contributed by atoms with van der Waals surface area (Å²) in [6, 6.07) is 7.33. The number of carbonyl (C=O) groups excluding carboxylic acids is 1. The number of benzene rings is 1. The summed E-state index contributed by atoms with van der Waals surface area (Å²) in [5, 5.41) is 0. The number of para-hydroxylation sites is 1. The average Bonchev–Trinajstić information content (AvgIpc) is 2.59. The standard InChI is InChI=1S/C10H12N4O/c11-9(12)13-10(15)14-6-5-7-3-1-2-4-8(7)14/h1-4H,5-6H2,(H4,11,12,13,15). The highest BCUT2D eigenvalue weighted by Gasteiger charge is 2.23. The molecule has 1 aliphatic heterocycles. The molecule has 0 bridgehead atoms. The van der Waals surface area contributed by atoms with Crippen LogP contribution in [0.25, 0.3) is 0 Å². The van der Waals surface area contributed by atoms with Crippen molar-refractivity contribution >= 4 is 17.7 Å². The van der Waals surface area contributed by atoms with E-state index in [4.69, 9.17) is 11.5 Å². The summed E-state index contributed by atoms with van der Waals surface area (Å²) < 4.78 is 0. The molecule has 1 aliphatic rings. The molecule has 1 aromatic rings. The van der Waals surface area contributed by atoms with E-state index in [0.29, 0.717) is 6.54 Å². The molecule has 0 aliphatic carbocycles. The maximum atomic E-state index is 11.6. The van der Waals surface area contributed by atoms with Crippen molar-refractivity contribution < 1.29 is 4.79 Å². The lowest BCUT2D eigenvalue weighted by Crippen LogP contribution is -2.31. The Morgan fingerprint density at radius 1 is 1.33 bits per heavy atom. The molecule has 0 saturated carbocycles. The Morgan fingerprint density at radius 3 is 2.80 bits per heavy atom. The minimum Gasteiger partial charge on any atom is -0.370 e. The number of hydrogen-bond donors (Lipinski definition) is 2. The number of aliphatic imine (C=N–C) groups is 1. The first kappa shape index (κ1) is 9.51. The Labute approximate surface area is 87.4 Å². The molecule has 5 nitrogen and oxygen atoms in total. The first-order chi connectivity index (χ1) is 7.18. The van der Waals surface area contributed by atoms with Gasteiger partial charge in [0.15, 0.2) is 5.96 Å². The molecule has 1 aromatic carbocycles. The van der Waals surface area contributed by atoms with Crippen LogP contribution in [0.15, 0.2) is 29.3 Å². The van der Waals surface area contributed by atoms with Gasteiger partial charge >= 0.3 is 6.03 Å². The van der Waals surface area contributed by atoms with Crippen molar-refractivity contribution in [3.05, 3.63) is 29.8 Å². The molecule has 78 valence electrons. The molecule has 0 unspecified atom stereocenters. The van der Waals surface area contributed by atoms with Crippen molar-refractivity contribution in [3.8, 4) is 0 Å². The number of amides is 2. The first-order valence-corrected chi connectivity index (χ1v) is 4.67. The molecule has 2 rings (SSSR count). The summed E-state index contributed by atoms with van der Waals surface area (Å²) >= 11 is 0. The highest BCUT2D eigenvalue weighted by atomic mass is 16.2. The van der Waals surface area contributed by atoms with E-state index in [-0.39, 0.29) is 5.96 Å². The van der Waals surface area contributed by atoms with Crippen molar-refractivity contribution in [2.24, 2.45) is 16.5 Å². The van der Waals surface area contributed by atoms with E-state index in [1.165, 1.54) is 0 Å². The minimum absolute atomic E-state index is 0.204. The van der Waals surface area contributed by atoms with Gasteiger partial charge in [0.2, 0.25) is 0 Å². The van der Waals surface area contributed by atoms with Gasteiger partial charge in [-0.2, -0.15) is 4.99 Å². The molecule has 0 radical (unpaired) electrons. The van der Waals surface area contributed by atoms with Crippen LogP contribution in [0.4, 0.5) is 10.5 Å². The van der Waals surface area contributed by atoms with E-state index in [2.05, 4.69) is 4.99 Å². The topological polar surface area (TPSA) is 84.7 Å². The summed E-state index contributed by atoms with van der Waals surface area (Å²) in [7, 11) is 0. The van der Waals surface area contributed by atoms with Gasteiger partial charge in [0.25, 0.3) is 0 Å². The van der Waals surface area contributed by atoms with E-state index < -0.39 is 6.03 Å². The van der Waals surface area contributed by atoms with Gasteiger partial charge in [0, 0.05) is 12.2 Å².